The fraction of sp³-hybridized carbons (Fsp3) is 0.231. The van der Waals surface area contributed by atoms with E-state index in [1.54, 1.807) is 16.0 Å². The molecule has 0 unspecified atom stereocenters. The second-order valence-corrected chi connectivity index (χ2v) is 9.11. The number of nitrogens with zero attached hydrogens (tertiary/aromatic N) is 3. The Kier molecular flexibility index (Phi) is 6.14. The smallest absolute Gasteiger partial charge is 0.255 e. The molecule has 0 spiro atoms. The van der Waals surface area contributed by atoms with Gasteiger partial charge in [0.2, 0.25) is 0 Å². The van der Waals surface area contributed by atoms with Crippen LogP contribution in [0.2, 0.25) is 0 Å². The Morgan fingerprint density at radius 2 is 1.69 bits per heavy atom. The molecule has 4 aromatic rings. The molecule has 1 amide bonds. The minimum Gasteiger partial charge on any atom is -0.349 e. The van der Waals surface area contributed by atoms with Crippen LogP contribution in [0.4, 0.5) is 0 Å². The molecular formula is C26H26N4OS. The number of rotatable bonds is 6. The van der Waals surface area contributed by atoms with Gasteiger partial charge >= 0.3 is 0 Å². The number of benzene rings is 2. The van der Waals surface area contributed by atoms with Gasteiger partial charge in [-0.25, -0.2) is 4.68 Å². The van der Waals surface area contributed by atoms with Gasteiger partial charge in [-0.05, 0) is 42.0 Å². The van der Waals surface area contributed by atoms with Gasteiger partial charge in [0.1, 0.15) is 5.69 Å². The van der Waals surface area contributed by atoms with Crippen LogP contribution < -0.4 is 5.32 Å². The van der Waals surface area contributed by atoms with E-state index in [1.165, 1.54) is 5.56 Å². The zero-order chi connectivity index (χ0) is 21.8. The van der Waals surface area contributed by atoms with Crippen molar-refractivity contribution in [2.24, 2.45) is 0 Å². The van der Waals surface area contributed by atoms with Gasteiger partial charge in [-0.1, -0.05) is 54.6 Å². The summed E-state index contributed by atoms with van der Waals surface area (Å²) in [5.41, 5.74) is 3.65. The Morgan fingerprint density at radius 3 is 2.38 bits per heavy atom. The summed E-state index contributed by atoms with van der Waals surface area (Å²) >= 11 is 1.60. The number of amides is 1. The molecule has 2 aromatic carbocycles. The Bertz CT molecular complexity index is 1150. The van der Waals surface area contributed by atoms with Crippen molar-refractivity contribution in [3.8, 4) is 16.3 Å². The number of piperidine rings is 1. The number of nitrogens with one attached hydrogen (secondary N) is 1. The maximum Gasteiger partial charge on any atom is 0.255 e. The van der Waals surface area contributed by atoms with Crippen LogP contribution in [0.25, 0.3) is 16.3 Å². The van der Waals surface area contributed by atoms with E-state index in [4.69, 9.17) is 5.10 Å². The SMILES string of the molecule is O=C(NC1CCN(Cc2ccccc2)CC1)c1cn(-c2ccccc2)nc1-c1cccs1. The first-order chi connectivity index (χ1) is 15.8. The van der Waals surface area contributed by atoms with Crippen LogP contribution >= 0.6 is 11.3 Å². The van der Waals surface area contributed by atoms with Gasteiger partial charge in [0.05, 0.1) is 16.1 Å². The zero-order valence-corrected chi connectivity index (χ0v) is 18.7. The van der Waals surface area contributed by atoms with Gasteiger partial charge in [-0.3, -0.25) is 9.69 Å². The Labute approximate surface area is 192 Å². The van der Waals surface area contributed by atoms with E-state index < -0.39 is 0 Å². The Balaban J connectivity index is 1.28. The molecule has 0 radical (unpaired) electrons. The fourth-order valence-electron chi connectivity index (χ4n) is 4.19. The maximum atomic E-state index is 13.3. The van der Waals surface area contributed by atoms with E-state index in [9.17, 15) is 4.79 Å². The summed E-state index contributed by atoms with van der Waals surface area (Å²) in [5.74, 6) is -0.0444. The molecule has 5 nitrogen and oxygen atoms in total. The summed E-state index contributed by atoms with van der Waals surface area (Å²) in [6, 6.07) is 24.7. The second-order valence-electron chi connectivity index (χ2n) is 8.16. The lowest BCUT2D eigenvalue weighted by atomic mass is 10.0. The van der Waals surface area contributed by atoms with Crippen LogP contribution in [-0.4, -0.2) is 39.7 Å². The molecule has 162 valence electrons. The van der Waals surface area contributed by atoms with E-state index in [0.29, 0.717) is 5.56 Å². The van der Waals surface area contributed by atoms with E-state index in [2.05, 4.69) is 40.5 Å². The first-order valence-corrected chi connectivity index (χ1v) is 11.9. The van der Waals surface area contributed by atoms with Gasteiger partial charge < -0.3 is 5.32 Å². The number of likely N-dealkylation sites (tertiary alicyclic amines) is 1. The highest BCUT2D eigenvalue weighted by atomic mass is 32.1. The monoisotopic (exact) mass is 442 g/mol. The lowest BCUT2D eigenvalue weighted by molar-refractivity contribution is 0.0909. The summed E-state index contributed by atoms with van der Waals surface area (Å²) < 4.78 is 1.80. The van der Waals surface area contributed by atoms with E-state index in [0.717, 1.165) is 48.7 Å². The molecular weight excluding hydrogens is 416 g/mol. The fourth-order valence-corrected chi connectivity index (χ4v) is 4.91. The summed E-state index contributed by atoms with van der Waals surface area (Å²) in [4.78, 5) is 16.7. The van der Waals surface area contributed by atoms with Gasteiger partial charge in [-0.2, -0.15) is 5.10 Å². The number of para-hydroxylation sites is 1. The largest absolute Gasteiger partial charge is 0.349 e. The molecule has 1 aliphatic rings. The molecule has 1 aliphatic heterocycles. The number of aromatic nitrogens is 2. The van der Waals surface area contributed by atoms with Crippen LogP contribution in [0.1, 0.15) is 28.8 Å². The number of carbonyl (C=O) groups excluding carboxylic acids is 1. The molecule has 0 aliphatic carbocycles. The summed E-state index contributed by atoms with van der Waals surface area (Å²) in [5, 5.41) is 10.0. The standard InChI is InChI=1S/C26H26N4OS/c31-26(27-21-13-15-29(16-14-21)18-20-8-3-1-4-9-20)23-19-30(22-10-5-2-6-11-22)28-25(23)24-12-7-17-32-24/h1-12,17,19,21H,13-16,18H2,(H,27,31). The quantitative estimate of drug-likeness (QED) is 0.457. The summed E-state index contributed by atoms with van der Waals surface area (Å²) in [6.45, 7) is 2.94. The second kappa shape index (κ2) is 9.51. The van der Waals surface area contributed by atoms with Crippen molar-refractivity contribution in [3.05, 3.63) is 95.5 Å². The van der Waals surface area contributed by atoms with Crippen LogP contribution in [0.3, 0.4) is 0 Å². The molecule has 2 aromatic heterocycles. The van der Waals surface area contributed by atoms with E-state index >= 15 is 0 Å². The topological polar surface area (TPSA) is 50.2 Å². The van der Waals surface area contributed by atoms with Crippen molar-refractivity contribution in [1.82, 2.24) is 20.0 Å². The van der Waals surface area contributed by atoms with Crippen molar-refractivity contribution in [1.29, 1.82) is 0 Å². The van der Waals surface area contributed by atoms with E-state index in [-0.39, 0.29) is 11.9 Å². The normalized spacial score (nSPS) is 15.0. The van der Waals surface area contributed by atoms with Crippen molar-refractivity contribution in [2.75, 3.05) is 13.1 Å². The van der Waals surface area contributed by atoms with Gasteiger partial charge in [0.15, 0.2) is 0 Å². The molecule has 3 heterocycles. The van der Waals surface area contributed by atoms with Crippen molar-refractivity contribution < 1.29 is 4.79 Å². The molecule has 0 bridgehead atoms. The highest BCUT2D eigenvalue weighted by Crippen LogP contribution is 2.28. The first-order valence-electron chi connectivity index (χ1n) is 11.0. The first kappa shape index (κ1) is 20.7. The molecule has 5 rings (SSSR count). The van der Waals surface area contributed by atoms with Crippen molar-refractivity contribution >= 4 is 17.2 Å². The molecule has 0 saturated carbocycles. The highest BCUT2D eigenvalue weighted by Gasteiger charge is 2.24. The lowest BCUT2D eigenvalue weighted by Crippen LogP contribution is -2.44. The van der Waals surface area contributed by atoms with Crippen LogP contribution in [0, 0.1) is 0 Å². The average Bonchev–Trinajstić information content (AvgIpc) is 3.52. The van der Waals surface area contributed by atoms with Crippen molar-refractivity contribution in [2.45, 2.75) is 25.4 Å². The van der Waals surface area contributed by atoms with Crippen LogP contribution in [-0.2, 0) is 6.54 Å². The molecule has 6 heteroatoms. The predicted molar refractivity (Wildman–Crippen MR) is 129 cm³/mol. The van der Waals surface area contributed by atoms with Crippen LogP contribution in [0.15, 0.2) is 84.4 Å². The Morgan fingerprint density at radius 1 is 0.969 bits per heavy atom. The number of thiophene rings is 1. The molecule has 0 atom stereocenters. The van der Waals surface area contributed by atoms with Crippen LogP contribution in [0.5, 0.6) is 0 Å². The third-order valence-electron chi connectivity index (χ3n) is 5.91. The third-order valence-corrected chi connectivity index (χ3v) is 6.78. The minimum absolute atomic E-state index is 0.0444. The highest BCUT2D eigenvalue weighted by molar-refractivity contribution is 7.13. The van der Waals surface area contributed by atoms with Gasteiger partial charge in [0, 0.05) is 31.9 Å². The number of carbonyl (C=O) groups is 1. The van der Waals surface area contributed by atoms with Gasteiger partial charge in [-0.15, -0.1) is 11.3 Å². The summed E-state index contributed by atoms with van der Waals surface area (Å²) in [6.07, 6.45) is 3.77. The number of hydrogen-bond donors (Lipinski definition) is 1. The maximum absolute atomic E-state index is 13.3. The minimum atomic E-state index is -0.0444. The zero-order valence-electron chi connectivity index (χ0n) is 17.9. The lowest BCUT2D eigenvalue weighted by Gasteiger charge is -2.32. The van der Waals surface area contributed by atoms with Gasteiger partial charge in [0.25, 0.3) is 5.91 Å². The predicted octanol–water partition coefficient (Wildman–Crippen LogP) is 5.00. The van der Waals surface area contributed by atoms with Crippen molar-refractivity contribution in [3.63, 3.8) is 0 Å². The van der Waals surface area contributed by atoms with E-state index in [1.807, 2.05) is 54.0 Å². The molecule has 1 N–H and O–H groups in total. The molecule has 1 fully saturated rings. The number of hydrogen-bond acceptors (Lipinski definition) is 4. The average molecular weight is 443 g/mol. The molecule has 1 saturated heterocycles. The Hall–Kier alpha value is -3.22. The molecule has 32 heavy (non-hydrogen) atoms. The summed E-state index contributed by atoms with van der Waals surface area (Å²) in [7, 11) is 0. The third kappa shape index (κ3) is 4.66.